The van der Waals surface area contributed by atoms with Crippen LogP contribution in [0.2, 0.25) is 0 Å². The van der Waals surface area contributed by atoms with Gasteiger partial charge in [0.25, 0.3) is 5.91 Å². The molecular weight excluding hydrogens is 350 g/mol. The zero-order valence-electron chi connectivity index (χ0n) is 17.5. The molecule has 0 atom stereocenters. The van der Waals surface area contributed by atoms with E-state index in [-0.39, 0.29) is 12.5 Å². The molecule has 5 heteroatoms. The highest BCUT2D eigenvalue weighted by Crippen LogP contribution is 2.27. The van der Waals surface area contributed by atoms with E-state index in [2.05, 4.69) is 61.3 Å². The van der Waals surface area contributed by atoms with Gasteiger partial charge in [0.15, 0.2) is 6.61 Å². The Labute approximate surface area is 168 Å². The molecule has 0 saturated carbocycles. The molecule has 2 aromatic rings. The first-order valence-electron chi connectivity index (χ1n) is 9.84. The number of nitrogens with one attached hydrogen (secondary N) is 1. The molecule has 2 rings (SSSR count). The van der Waals surface area contributed by atoms with Gasteiger partial charge in [0.05, 0.1) is 6.21 Å². The number of hydrogen-bond donors (Lipinski definition) is 1. The minimum absolute atomic E-state index is 0.0680. The highest BCUT2D eigenvalue weighted by Gasteiger charge is 2.10. The molecule has 0 fully saturated rings. The van der Waals surface area contributed by atoms with Gasteiger partial charge in [0.2, 0.25) is 0 Å². The van der Waals surface area contributed by atoms with Gasteiger partial charge in [-0.2, -0.15) is 5.10 Å². The number of rotatable bonds is 9. The van der Waals surface area contributed by atoms with Crippen molar-refractivity contribution in [2.75, 3.05) is 24.6 Å². The Morgan fingerprint density at radius 2 is 1.82 bits per heavy atom. The van der Waals surface area contributed by atoms with Crippen molar-refractivity contribution >= 4 is 17.8 Å². The molecule has 1 N–H and O–H groups in total. The second-order valence-electron chi connectivity index (χ2n) is 7.04. The Morgan fingerprint density at radius 1 is 1.14 bits per heavy atom. The Hall–Kier alpha value is -2.82. The van der Waals surface area contributed by atoms with Gasteiger partial charge in [-0.1, -0.05) is 38.1 Å². The lowest BCUT2D eigenvalue weighted by atomic mass is 10.0. The molecule has 28 heavy (non-hydrogen) atoms. The van der Waals surface area contributed by atoms with E-state index in [9.17, 15) is 4.79 Å². The average Bonchev–Trinajstić information content (AvgIpc) is 2.68. The van der Waals surface area contributed by atoms with Crippen molar-refractivity contribution in [1.29, 1.82) is 0 Å². The van der Waals surface area contributed by atoms with E-state index in [1.807, 2.05) is 31.2 Å². The molecule has 0 heterocycles. The largest absolute Gasteiger partial charge is 0.483 e. The lowest BCUT2D eigenvalue weighted by molar-refractivity contribution is -0.123. The van der Waals surface area contributed by atoms with E-state index in [0.717, 1.165) is 35.5 Å². The number of ether oxygens (including phenoxy) is 1. The molecular formula is C23H31N3O2. The number of carbonyl (C=O) groups is 1. The van der Waals surface area contributed by atoms with Crippen molar-refractivity contribution in [3.63, 3.8) is 0 Å². The van der Waals surface area contributed by atoms with Gasteiger partial charge in [-0.3, -0.25) is 4.79 Å². The second-order valence-corrected chi connectivity index (χ2v) is 7.04. The van der Waals surface area contributed by atoms with Crippen LogP contribution in [0.3, 0.4) is 0 Å². The third-order valence-corrected chi connectivity index (χ3v) is 4.57. The number of nitrogens with zero attached hydrogens (tertiary/aromatic N) is 2. The third kappa shape index (κ3) is 6.12. The molecule has 0 spiro atoms. The summed E-state index contributed by atoms with van der Waals surface area (Å²) in [5, 5.41) is 4.03. The third-order valence-electron chi connectivity index (χ3n) is 4.57. The number of amides is 1. The number of aryl methyl sites for hydroxylation is 1. The van der Waals surface area contributed by atoms with Gasteiger partial charge in [0, 0.05) is 18.8 Å². The normalized spacial score (nSPS) is 11.1. The van der Waals surface area contributed by atoms with E-state index in [1.165, 1.54) is 5.69 Å². The molecule has 0 aromatic heterocycles. The van der Waals surface area contributed by atoms with Crippen molar-refractivity contribution in [1.82, 2.24) is 5.43 Å². The first-order valence-corrected chi connectivity index (χ1v) is 9.84. The summed E-state index contributed by atoms with van der Waals surface area (Å²) >= 11 is 0. The summed E-state index contributed by atoms with van der Waals surface area (Å²) in [7, 11) is 0. The van der Waals surface area contributed by atoms with Crippen LogP contribution in [0.4, 0.5) is 5.69 Å². The van der Waals surface area contributed by atoms with Crippen LogP contribution in [0.15, 0.2) is 47.6 Å². The van der Waals surface area contributed by atoms with Crippen LogP contribution in [-0.4, -0.2) is 31.8 Å². The van der Waals surface area contributed by atoms with Crippen LogP contribution in [-0.2, 0) is 4.79 Å². The minimum atomic E-state index is -0.285. The number of benzene rings is 2. The van der Waals surface area contributed by atoms with Crippen LogP contribution in [0.25, 0.3) is 0 Å². The van der Waals surface area contributed by atoms with E-state index in [1.54, 1.807) is 6.21 Å². The molecule has 0 aliphatic heterocycles. The topological polar surface area (TPSA) is 53.9 Å². The van der Waals surface area contributed by atoms with Crippen LogP contribution in [0, 0.1) is 6.92 Å². The second kappa shape index (κ2) is 10.5. The Balaban J connectivity index is 1.88. The van der Waals surface area contributed by atoms with Crippen molar-refractivity contribution < 1.29 is 9.53 Å². The summed E-state index contributed by atoms with van der Waals surface area (Å²) in [5.41, 5.74) is 6.82. The van der Waals surface area contributed by atoms with E-state index in [4.69, 9.17) is 4.74 Å². The van der Waals surface area contributed by atoms with Crippen molar-refractivity contribution in [3.8, 4) is 5.75 Å². The highest BCUT2D eigenvalue weighted by molar-refractivity contribution is 5.83. The summed E-state index contributed by atoms with van der Waals surface area (Å²) < 4.78 is 5.72. The first kappa shape index (κ1) is 21.5. The number of anilines is 1. The lowest BCUT2D eigenvalue weighted by Gasteiger charge is -2.20. The predicted molar refractivity (Wildman–Crippen MR) is 117 cm³/mol. The van der Waals surface area contributed by atoms with Crippen LogP contribution in [0.1, 0.15) is 50.3 Å². The lowest BCUT2D eigenvalue weighted by Crippen LogP contribution is -2.25. The van der Waals surface area contributed by atoms with Crippen molar-refractivity contribution in [3.05, 3.63) is 59.2 Å². The summed E-state index contributed by atoms with van der Waals surface area (Å²) in [6, 6.07) is 14.2. The molecule has 0 unspecified atom stereocenters. The Kier molecular flexibility index (Phi) is 8.05. The maximum atomic E-state index is 12.0. The Bertz CT molecular complexity index is 794. The molecule has 150 valence electrons. The van der Waals surface area contributed by atoms with E-state index in [0.29, 0.717) is 5.92 Å². The first-order chi connectivity index (χ1) is 13.4. The zero-order chi connectivity index (χ0) is 20.5. The molecule has 5 nitrogen and oxygen atoms in total. The highest BCUT2D eigenvalue weighted by atomic mass is 16.5. The fourth-order valence-corrected chi connectivity index (χ4v) is 2.96. The van der Waals surface area contributed by atoms with E-state index >= 15 is 0 Å². The van der Waals surface area contributed by atoms with Gasteiger partial charge < -0.3 is 9.64 Å². The van der Waals surface area contributed by atoms with Gasteiger partial charge in [-0.05, 0) is 61.6 Å². The van der Waals surface area contributed by atoms with Crippen molar-refractivity contribution in [2.45, 2.75) is 40.5 Å². The number of hydrazone groups is 1. The smallest absolute Gasteiger partial charge is 0.277 e. The van der Waals surface area contributed by atoms with Gasteiger partial charge in [0.1, 0.15) is 5.75 Å². The molecule has 2 aromatic carbocycles. The SMILES string of the molecule is CCN(CC)c1ccc(C=NNC(=O)COc2cc(C)ccc2C(C)C)cc1. The van der Waals surface area contributed by atoms with Crippen molar-refractivity contribution in [2.24, 2.45) is 5.10 Å². The molecule has 0 aliphatic rings. The fourth-order valence-electron chi connectivity index (χ4n) is 2.96. The predicted octanol–water partition coefficient (Wildman–Crippen LogP) is 4.49. The monoisotopic (exact) mass is 381 g/mol. The maximum Gasteiger partial charge on any atom is 0.277 e. The maximum absolute atomic E-state index is 12.0. The number of hydrogen-bond acceptors (Lipinski definition) is 4. The summed E-state index contributed by atoms with van der Waals surface area (Å²) in [4.78, 5) is 14.3. The fraction of sp³-hybridized carbons (Fsp3) is 0.391. The quantitative estimate of drug-likeness (QED) is 0.514. The van der Waals surface area contributed by atoms with Gasteiger partial charge >= 0.3 is 0 Å². The molecule has 0 aliphatic carbocycles. The van der Waals surface area contributed by atoms with Gasteiger partial charge in [-0.25, -0.2) is 5.43 Å². The van der Waals surface area contributed by atoms with Crippen LogP contribution >= 0.6 is 0 Å². The van der Waals surface area contributed by atoms with Gasteiger partial charge in [-0.15, -0.1) is 0 Å². The Morgan fingerprint density at radius 3 is 2.43 bits per heavy atom. The summed E-state index contributed by atoms with van der Waals surface area (Å²) in [6.45, 7) is 12.4. The standard InChI is InChI=1S/C23H31N3O2/c1-6-26(7-2)20-11-9-19(10-12-20)15-24-25-23(27)16-28-22-14-18(5)8-13-21(22)17(3)4/h8-15,17H,6-7,16H2,1-5H3,(H,25,27). The molecule has 0 saturated heterocycles. The van der Waals surface area contributed by atoms with E-state index < -0.39 is 0 Å². The van der Waals surface area contributed by atoms with Crippen LogP contribution in [0.5, 0.6) is 5.75 Å². The number of carbonyl (C=O) groups excluding carboxylic acids is 1. The summed E-state index contributed by atoms with van der Waals surface area (Å²) in [5.74, 6) is 0.796. The zero-order valence-corrected chi connectivity index (χ0v) is 17.5. The minimum Gasteiger partial charge on any atom is -0.483 e. The summed E-state index contributed by atoms with van der Waals surface area (Å²) in [6.07, 6.45) is 1.64. The molecule has 1 amide bonds. The molecule has 0 radical (unpaired) electrons. The molecule has 0 bridgehead atoms. The van der Waals surface area contributed by atoms with Crippen LogP contribution < -0.4 is 15.1 Å². The average molecular weight is 382 g/mol.